The molecule has 0 atom stereocenters. The van der Waals surface area contributed by atoms with Crippen molar-refractivity contribution in [2.45, 2.75) is 6.92 Å². The molecule has 98 valence electrons. The van der Waals surface area contributed by atoms with Gasteiger partial charge >= 0.3 is 0 Å². The number of methoxy groups -OCH3 is 1. The Morgan fingerprint density at radius 2 is 1.89 bits per heavy atom. The van der Waals surface area contributed by atoms with Crippen LogP contribution in [0.5, 0.6) is 5.75 Å². The van der Waals surface area contributed by atoms with Crippen molar-refractivity contribution in [2.24, 2.45) is 0 Å². The van der Waals surface area contributed by atoms with Gasteiger partial charge < -0.3 is 15.8 Å². The first-order valence-electron chi connectivity index (χ1n) is 5.92. The summed E-state index contributed by atoms with van der Waals surface area (Å²) in [5.74, 6) is 0.371. The van der Waals surface area contributed by atoms with Crippen LogP contribution in [0, 0.1) is 6.92 Å². The Bertz CT molecular complexity index is 595. The number of nitrogen functional groups attached to an aromatic ring is 1. The highest BCUT2D eigenvalue weighted by Crippen LogP contribution is 2.29. The highest BCUT2D eigenvalue weighted by Gasteiger charge is 2.11. The Morgan fingerprint density at radius 1 is 1.21 bits per heavy atom. The smallest absolute Gasteiger partial charge is 0.255 e. The van der Waals surface area contributed by atoms with E-state index in [0.29, 0.717) is 22.7 Å². The third-order valence-corrected chi connectivity index (χ3v) is 2.87. The summed E-state index contributed by atoms with van der Waals surface area (Å²) in [6.07, 6.45) is 0. The largest absolute Gasteiger partial charge is 0.494 e. The van der Waals surface area contributed by atoms with Crippen molar-refractivity contribution in [3.05, 3.63) is 53.6 Å². The second kappa shape index (κ2) is 5.44. The fourth-order valence-electron chi connectivity index (χ4n) is 1.75. The molecule has 4 nitrogen and oxygen atoms in total. The lowest BCUT2D eigenvalue weighted by molar-refractivity contribution is 0.102. The molecule has 0 unspecified atom stereocenters. The summed E-state index contributed by atoms with van der Waals surface area (Å²) in [6.45, 7) is 1.88. The lowest BCUT2D eigenvalue weighted by Gasteiger charge is -2.12. The average molecular weight is 256 g/mol. The topological polar surface area (TPSA) is 64.3 Å². The molecule has 0 aromatic heterocycles. The number of rotatable bonds is 3. The fraction of sp³-hybridized carbons (Fsp3) is 0.133. The highest BCUT2D eigenvalue weighted by atomic mass is 16.5. The first-order chi connectivity index (χ1) is 9.11. The molecule has 0 saturated heterocycles. The summed E-state index contributed by atoms with van der Waals surface area (Å²) in [5, 5.41) is 2.83. The molecular weight excluding hydrogens is 240 g/mol. The first kappa shape index (κ1) is 13.0. The molecule has 0 bridgehead atoms. The van der Waals surface area contributed by atoms with Gasteiger partial charge in [-0.15, -0.1) is 0 Å². The number of nitrogens with two attached hydrogens (primary N) is 1. The van der Waals surface area contributed by atoms with Crippen molar-refractivity contribution in [2.75, 3.05) is 18.2 Å². The zero-order valence-corrected chi connectivity index (χ0v) is 10.9. The highest BCUT2D eigenvalue weighted by molar-refractivity contribution is 6.05. The molecule has 0 aliphatic rings. The van der Waals surface area contributed by atoms with Gasteiger partial charge in [0.25, 0.3) is 5.91 Å². The van der Waals surface area contributed by atoms with Crippen LogP contribution in [-0.2, 0) is 0 Å². The molecule has 3 N–H and O–H groups in total. The molecule has 2 rings (SSSR count). The summed E-state index contributed by atoms with van der Waals surface area (Å²) >= 11 is 0. The summed E-state index contributed by atoms with van der Waals surface area (Å²) in [6, 6.07) is 12.5. The molecule has 4 heteroatoms. The van der Waals surface area contributed by atoms with Gasteiger partial charge in [-0.2, -0.15) is 0 Å². The molecule has 1 amide bonds. The molecule has 0 saturated carbocycles. The number of nitrogens with one attached hydrogen (secondary N) is 1. The Labute approximate surface area is 112 Å². The molecule has 0 aliphatic heterocycles. The van der Waals surface area contributed by atoms with Crippen molar-refractivity contribution in [1.82, 2.24) is 0 Å². The van der Waals surface area contributed by atoms with E-state index in [-0.39, 0.29) is 5.91 Å². The van der Waals surface area contributed by atoms with Crippen LogP contribution in [-0.4, -0.2) is 13.0 Å². The van der Waals surface area contributed by atoms with E-state index >= 15 is 0 Å². The van der Waals surface area contributed by atoms with Gasteiger partial charge in [-0.05, 0) is 30.7 Å². The van der Waals surface area contributed by atoms with Crippen LogP contribution in [0.15, 0.2) is 42.5 Å². The first-order valence-corrected chi connectivity index (χ1v) is 5.92. The van der Waals surface area contributed by atoms with Crippen LogP contribution < -0.4 is 15.8 Å². The molecular formula is C15H16N2O2. The van der Waals surface area contributed by atoms with E-state index in [2.05, 4.69) is 5.32 Å². The van der Waals surface area contributed by atoms with Gasteiger partial charge in [0.1, 0.15) is 5.75 Å². The molecule has 0 heterocycles. The van der Waals surface area contributed by atoms with E-state index in [1.807, 2.05) is 25.1 Å². The third-order valence-electron chi connectivity index (χ3n) is 2.87. The number of amides is 1. The monoisotopic (exact) mass is 256 g/mol. The Balaban J connectivity index is 2.28. The van der Waals surface area contributed by atoms with Gasteiger partial charge in [-0.3, -0.25) is 4.79 Å². The Kier molecular flexibility index (Phi) is 3.71. The van der Waals surface area contributed by atoms with Gasteiger partial charge in [-0.1, -0.05) is 18.2 Å². The predicted molar refractivity (Wildman–Crippen MR) is 76.5 cm³/mol. The minimum Gasteiger partial charge on any atom is -0.494 e. The van der Waals surface area contributed by atoms with Gasteiger partial charge in [0.15, 0.2) is 0 Å². The van der Waals surface area contributed by atoms with Crippen LogP contribution in [0.2, 0.25) is 0 Å². The summed E-state index contributed by atoms with van der Waals surface area (Å²) in [4.78, 5) is 12.1. The Hall–Kier alpha value is -2.49. The zero-order chi connectivity index (χ0) is 13.8. The van der Waals surface area contributed by atoms with Crippen molar-refractivity contribution in [1.29, 1.82) is 0 Å². The maximum atomic E-state index is 12.1. The zero-order valence-electron chi connectivity index (χ0n) is 10.9. The minimum atomic E-state index is -0.178. The molecule has 0 spiro atoms. The minimum absolute atomic E-state index is 0.178. The molecule has 2 aromatic rings. The number of benzene rings is 2. The number of hydrogen-bond acceptors (Lipinski definition) is 3. The van der Waals surface area contributed by atoms with Gasteiger partial charge in [0.2, 0.25) is 0 Å². The van der Waals surface area contributed by atoms with E-state index in [9.17, 15) is 4.79 Å². The fourth-order valence-corrected chi connectivity index (χ4v) is 1.75. The van der Waals surface area contributed by atoms with Crippen LogP contribution in [0.4, 0.5) is 11.4 Å². The van der Waals surface area contributed by atoms with E-state index < -0.39 is 0 Å². The SMILES string of the molecule is COc1cc(N)c(C)cc1NC(=O)c1ccccc1. The normalized spacial score (nSPS) is 10.0. The molecule has 0 radical (unpaired) electrons. The maximum absolute atomic E-state index is 12.1. The molecule has 19 heavy (non-hydrogen) atoms. The second-order valence-electron chi connectivity index (χ2n) is 4.23. The van der Waals surface area contributed by atoms with Crippen LogP contribution in [0.1, 0.15) is 15.9 Å². The maximum Gasteiger partial charge on any atom is 0.255 e. The summed E-state index contributed by atoms with van der Waals surface area (Å²) in [5.41, 5.74) is 8.55. The van der Waals surface area contributed by atoms with E-state index in [0.717, 1.165) is 5.56 Å². The predicted octanol–water partition coefficient (Wildman–Crippen LogP) is 2.84. The molecule has 2 aromatic carbocycles. The van der Waals surface area contributed by atoms with Crippen molar-refractivity contribution >= 4 is 17.3 Å². The second-order valence-corrected chi connectivity index (χ2v) is 4.23. The molecule has 0 fully saturated rings. The van der Waals surface area contributed by atoms with Crippen molar-refractivity contribution < 1.29 is 9.53 Å². The lowest BCUT2D eigenvalue weighted by atomic mass is 10.1. The van der Waals surface area contributed by atoms with Crippen molar-refractivity contribution in [3.8, 4) is 5.75 Å². The van der Waals surface area contributed by atoms with Crippen molar-refractivity contribution in [3.63, 3.8) is 0 Å². The van der Waals surface area contributed by atoms with Crippen LogP contribution in [0.25, 0.3) is 0 Å². The quantitative estimate of drug-likeness (QED) is 0.830. The van der Waals surface area contributed by atoms with Crippen LogP contribution in [0.3, 0.4) is 0 Å². The van der Waals surface area contributed by atoms with Gasteiger partial charge in [0, 0.05) is 17.3 Å². The standard InChI is InChI=1S/C15H16N2O2/c1-10-8-13(14(19-2)9-12(10)16)17-15(18)11-6-4-3-5-7-11/h3-9H,16H2,1-2H3,(H,17,18). The number of carbonyl (C=O) groups excluding carboxylic acids is 1. The van der Waals surface area contributed by atoms with E-state index in [4.69, 9.17) is 10.5 Å². The summed E-state index contributed by atoms with van der Waals surface area (Å²) in [7, 11) is 1.54. The number of carbonyl (C=O) groups is 1. The third kappa shape index (κ3) is 2.85. The number of anilines is 2. The Morgan fingerprint density at radius 3 is 2.53 bits per heavy atom. The lowest BCUT2D eigenvalue weighted by Crippen LogP contribution is -2.12. The van der Waals surface area contributed by atoms with E-state index in [1.165, 1.54) is 0 Å². The summed E-state index contributed by atoms with van der Waals surface area (Å²) < 4.78 is 5.22. The van der Waals surface area contributed by atoms with Crippen LogP contribution >= 0.6 is 0 Å². The van der Waals surface area contributed by atoms with E-state index in [1.54, 1.807) is 31.4 Å². The van der Waals surface area contributed by atoms with Gasteiger partial charge in [-0.25, -0.2) is 0 Å². The van der Waals surface area contributed by atoms with Gasteiger partial charge in [0.05, 0.1) is 12.8 Å². The molecule has 0 aliphatic carbocycles. The number of ether oxygens (including phenoxy) is 1. The number of aryl methyl sites for hydroxylation is 1. The average Bonchev–Trinajstić information content (AvgIpc) is 2.43. The number of hydrogen-bond donors (Lipinski definition) is 2.